The van der Waals surface area contributed by atoms with Crippen molar-refractivity contribution in [2.75, 3.05) is 13.2 Å². The van der Waals surface area contributed by atoms with E-state index in [1.807, 2.05) is 34.6 Å². The first kappa shape index (κ1) is 52.8. The summed E-state index contributed by atoms with van der Waals surface area (Å²) in [6.45, 7) is 16.8. The number of aliphatic hydroxyl groups excluding tert-OH is 12. The molecule has 0 bridgehead atoms. The first-order chi connectivity index (χ1) is 30.7. The molecule has 7 rings (SSSR count). The van der Waals surface area contributed by atoms with Crippen molar-refractivity contribution < 1.29 is 89.7 Å². The highest BCUT2D eigenvalue weighted by atomic mass is 16.8. The van der Waals surface area contributed by atoms with Crippen molar-refractivity contribution in [2.24, 2.45) is 45.3 Å². The molecule has 0 spiro atoms. The van der Waals surface area contributed by atoms with Crippen LogP contribution in [0.1, 0.15) is 114 Å². The molecule has 382 valence electrons. The van der Waals surface area contributed by atoms with Crippen LogP contribution in [0.15, 0.2) is 11.6 Å². The minimum absolute atomic E-state index is 0.0861. The van der Waals surface area contributed by atoms with Gasteiger partial charge in [-0.2, -0.15) is 0 Å². The van der Waals surface area contributed by atoms with Gasteiger partial charge in [-0.05, 0) is 124 Å². The lowest BCUT2D eigenvalue weighted by Crippen LogP contribution is -2.71. The fourth-order valence-electron chi connectivity index (χ4n) is 14.9. The summed E-state index contributed by atoms with van der Waals surface area (Å²) in [7, 11) is 0. The van der Waals surface area contributed by atoms with Gasteiger partial charge in [0.15, 0.2) is 18.9 Å². The van der Waals surface area contributed by atoms with Gasteiger partial charge in [0, 0.05) is 0 Å². The molecule has 7 fully saturated rings. The Bertz CT molecular complexity index is 1700. The van der Waals surface area contributed by atoms with E-state index in [-0.39, 0.29) is 23.7 Å². The summed E-state index contributed by atoms with van der Waals surface area (Å²) in [5.41, 5.74) is -2.43. The second-order valence-corrected chi connectivity index (χ2v) is 23.0. The Hall–Kier alpha value is -0.980. The Kier molecular flexibility index (Phi) is 15.4. The number of ether oxygens (including phenoxy) is 6. The average molecular weight is 947 g/mol. The number of fused-ring (bicyclic) bond motifs is 5. The van der Waals surface area contributed by atoms with Crippen LogP contribution < -0.4 is 0 Å². The molecular formula is C48H82O18. The first-order valence-corrected chi connectivity index (χ1v) is 24.3. The van der Waals surface area contributed by atoms with Gasteiger partial charge in [0.05, 0.1) is 43.2 Å². The second-order valence-electron chi connectivity index (χ2n) is 23.0. The topological polar surface area (TPSA) is 298 Å². The van der Waals surface area contributed by atoms with Crippen molar-refractivity contribution in [3.05, 3.63) is 11.6 Å². The Morgan fingerprint density at radius 2 is 1.27 bits per heavy atom. The van der Waals surface area contributed by atoms with Crippen LogP contribution in [-0.2, 0) is 28.4 Å². The molecule has 12 N–H and O–H groups in total. The molecule has 66 heavy (non-hydrogen) atoms. The summed E-state index contributed by atoms with van der Waals surface area (Å²) < 4.78 is 38.1. The van der Waals surface area contributed by atoms with Crippen molar-refractivity contribution in [2.45, 2.75) is 230 Å². The zero-order valence-electron chi connectivity index (χ0n) is 40.2. The van der Waals surface area contributed by atoms with Crippen molar-refractivity contribution in [3.63, 3.8) is 0 Å². The van der Waals surface area contributed by atoms with Crippen LogP contribution in [0.25, 0.3) is 0 Å². The first-order valence-electron chi connectivity index (χ1n) is 24.3. The second kappa shape index (κ2) is 19.2. The normalized spacial score (nSPS) is 53.5. The van der Waals surface area contributed by atoms with Gasteiger partial charge in [-0.3, -0.25) is 0 Å². The van der Waals surface area contributed by atoms with Gasteiger partial charge in [-0.1, -0.05) is 46.3 Å². The molecule has 18 nitrogen and oxygen atoms in total. The zero-order valence-corrected chi connectivity index (χ0v) is 40.2. The molecule has 0 aromatic carbocycles. The van der Waals surface area contributed by atoms with Crippen molar-refractivity contribution in [1.82, 2.24) is 0 Å². The van der Waals surface area contributed by atoms with E-state index in [1.165, 1.54) is 6.92 Å². The van der Waals surface area contributed by atoms with Gasteiger partial charge >= 0.3 is 0 Å². The monoisotopic (exact) mass is 947 g/mol. The van der Waals surface area contributed by atoms with Gasteiger partial charge < -0.3 is 89.7 Å². The lowest BCUT2D eigenvalue weighted by Gasteiger charge is -2.72. The van der Waals surface area contributed by atoms with Crippen LogP contribution in [0.4, 0.5) is 0 Å². The lowest BCUT2D eigenvalue weighted by atomic mass is 9.34. The SMILES string of the molecule is CC(C)=CCC[C@](C)(O[C@@H]1OC(CO)[C@@H](O)[C@H](O)C1O)C1CC[C@]2(C)C1[C@H](O)CC1[C@@]3(C)CC[C@H](O)C(C)(C)C3[C@@H](O[C@@H]3OC(CO)[C@@H](O)[C@H](O)C3O[C@@H]3OC(C)[C@@H](O)[C@H](O)C3O)C[C@]12C. The summed E-state index contributed by atoms with van der Waals surface area (Å²) >= 11 is 0. The molecule has 3 saturated heterocycles. The molecule has 18 heteroatoms. The molecule has 3 aliphatic heterocycles. The van der Waals surface area contributed by atoms with Crippen molar-refractivity contribution in [3.8, 4) is 0 Å². The largest absolute Gasteiger partial charge is 0.394 e. The molecule has 10 unspecified atom stereocenters. The molecular weight excluding hydrogens is 865 g/mol. The van der Waals surface area contributed by atoms with Gasteiger partial charge in [-0.15, -0.1) is 0 Å². The number of aliphatic hydroxyl groups is 12. The van der Waals surface area contributed by atoms with E-state index in [9.17, 15) is 61.3 Å². The molecule has 4 saturated carbocycles. The van der Waals surface area contributed by atoms with Crippen LogP contribution in [0, 0.1) is 45.3 Å². The van der Waals surface area contributed by atoms with Crippen LogP contribution in [-0.4, -0.2) is 191 Å². The van der Waals surface area contributed by atoms with Crippen LogP contribution in [0.3, 0.4) is 0 Å². The number of hydrogen-bond donors (Lipinski definition) is 12. The molecule has 0 amide bonds. The third-order valence-electron chi connectivity index (χ3n) is 18.7. The number of rotatable bonds is 12. The predicted molar refractivity (Wildman–Crippen MR) is 234 cm³/mol. The summed E-state index contributed by atoms with van der Waals surface area (Å²) in [4.78, 5) is 0. The third-order valence-corrected chi connectivity index (χ3v) is 18.7. The van der Waals surface area contributed by atoms with E-state index in [2.05, 4.69) is 26.8 Å². The fourth-order valence-corrected chi connectivity index (χ4v) is 14.9. The van der Waals surface area contributed by atoms with Gasteiger partial charge in [0.2, 0.25) is 0 Å². The van der Waals surface area contributed by atoms with E-state index in [0.717, 1.165) is 5.57 Å². The predicted octanol–water partition coefficient (Wildman–Crippen LogP) is -0.0284. The van der Waals surface area contributed by atoms with E-state index in [4.69, 9.17) is 28.4 Å². The molecule has 7 aliphatic rings. The van der Waals surface area contributed by atoms with E-state index in [0.29, 0.717) is 51.4 Å². The van der Waals surface area contributed by atoms with Crippen LogP contribution in [0.2, 0.25) is 0 Å². The zero-order chi connectivity index (χ0) is 48.8. The Morgan fingerprint density at radius 3 is 1.89 bits per heavy atom. The summed E-state index contributed by atoms with van der Waals surface area (Å²) in [6.07, 6.45) is -18.3. The highest BCUT2D eigenvalue weighted by Crippen LogP contribution is 2.76. The minimum Gasteiger partial charge on any atom is -0.394 e. The van der Waals surface area contributed by atoms with E-state index < -0.39 is 151 Å². The maximum Gasteiger partial charge on any atom is 0.187 e. The quantitative estimate of drug-likeness (QED) is 0.0904. The smallest absolute Gasteiger partial charge is 0.187 e. The number of allylic oxidation sites excluding steroid dienone is 2. The van der Waals surface area contributed by atoms with Gasteiger partial charge in [-0.25, -0.2) is 0 Å². The number of hydrogen-bond acceptors (Lipinski definition) is 18. The highest BCUT2D eigenvalue weighted by molar-refractivity contribution is 5.22. The molecule has 0 aromatic rings. The summed E-state index contributed by atoms with van der Waals surface area (Å²) in [5, 5.41) is 132. The molecule has 26 atom stereocenters. The van der Waals surface area contributed by atoms with Crippen LogP contribution in [0.5, 0.6) is 0 Å². The maximum absolute atomic E-state index is 12.7. The summed E-state index contributed by atoms with van der Waals surface area (Å²) in [6, 6.07) is 0. The lowest BCUT2D eigenvalue weighted by molar-refractivity contribution is -0.382. The highest BCUT2D eigenvalue weighted by Gasteiger charge is 2.74. The van der Waals surface area contributed by atoms with Crippen molar-refractivity contribution >= 4 is 0 Å². The Labute approximate surface area is 388 Å². The fraction of sp³-hybridized carbons (Fsp3) is 0.958. The van der Waals surface area contributed by atoms with Crippen LogP contribution >= 0.6 is 0 Å². The standard InChI is InChI=1S/C48H82O18/c1-21(2)11-10-14-48(9,66-42-38(60)35(57)32(54)26(19-49)63-42)23-12-16-46(7)30(23)24(51)17-28-45(6)15-13-29(52)44(4,5)40(45)25(18-47(28,46)8)62-43-39(36(58)33(55)27(20-50)64-43)65-41-37(59)34(56)31(53)22(3)61-41/h11,22-43,49-60H,10,12-20H2,1-9H3/t22?,23?,24-,25+,26?,27?,28?,29+,30?,31-,32-,33-,34+,35+,36+,37?,38?,39?,40?,41+,42+,43-,45-,46-,47-,48+/m1/s1. The van der Waals surface area contributed by atoms with E-state index >= 15 is 0 Å². The molecule has 4 aliphatic carbocycles. The van der Waals surface area contributed by atoms with Crippen molar-refractivity contribution in [1.29, 1.82) is 0 Å². The van der Waals surface area contributed by atoms with Gasteiger partial charge in [0.25, 0.3) is 0 Å². The summed E-state index contributed by atoms with van der Waals surface area (Å²) in [5.74, 6) is -1.12. The maximum atomic E-state index is 12.7. The molecule has 3 heterocycles. The Morgan fingerprint density at radius 1 is 0.682 bits per heavy atom. The van der Waals surface area contributed by atoms with Gasteiger partial charge in [0.1, 0.15) is 67.1 Å². The minimum atomic E-state index is -1.75. The Balaban J connectivity index is 1.27. The molecule has 0 radical (unpaired) electrons. The van der Waals surface area contributed by atoms with E-state index in [1.54, 1.807) is 0 Å². The third kappa shape index (κ3) is 8.69. The average Bonchev–Trinajstić information content (AvgIpc) is 3.64. The molecule has 0 aromatic heterocycles.